The van der Waals surface area contributed by atoms with Crippen molar-refractivity contribution in [2.45, 2.75) is 20.3 Å². The molecule has 0 aliphatic carbocycles. The van der Waals surface area contributed by atoms with Gasteiger partial charge in [-0.15, -0.1) is 0 Å². The lowest BCUT2D eigenvalue weighted by atomic mass is 9.76. The molecule has 1 unspecified atom stereocenters. The second-order valence-corrected chi connectivity index (χ2v) is 4.37. The van der Waals surface area contributed by atoms with Crippen LogP contribution in [0.4, 0.5) is 0 Å². The van der Waals surface area contributed by atoms with E-state index in [9.17, 15) is 4.79 Å². The first kappa shape index (κ1) is 12.5. The monoisotopic (exact) mass is 215 g/mol. The van der Waals surface area contributed by atoms with E-state index in [4.69, 9.17) is 9.47 Å². The van der Waals surface area contributed by atoms with Crippen molar-refractivity contribution in [2.75, 3.05) is 33.4 Å². The fourth-order valence-electron chi connectivity index (χ4n) is 1.98. The van der Waals surface area contributed by atoms with Gasteiger partial charge in [-0.05, 0) is 18.9 Å². The lowest BCUT2D eigenvalue weighted by molar-refractivity contribution is -0.158. The molecule has 4 heteroatoms. The molecule has 1 saturated heterocycles. The topological polar surface area (TPSA) is 47.6 Å². The van der Waals surface area contributed by atoms with Crippen LogP contribution in [0.15, 0.2) is 0 Å². The summed E-state index contributed by atoms with van der Waals surface area (Å²) in [5, 5.41) is 3.23. The summed E-state index contributed by atoms with van der Waals surface area (Å²) in [6.07, 6.45) is 0.872. The average molecular weight is 215 g/mol. The van der Waals surface area contributed by atoms with E-state index in [0.717, 1.165) is 19.5 Å². The minimum Gasteiger partial charge on any atom is -0.463 e. The predicted molar refractivity (Wildman–Crippen MR) is 57.6 cm³/mol. The highest BCUT2D eigenvalue weighted by Crippen LogP contribution is 2.35. The van der Waals surface area contributed by atoms with Crippen LogP contribution in [0.2, 0.25) is 0 Å². The Morgan fingerprint density at radius 1 is 1.47 bits per heavy atom. The smallest absolute Gasteiger partial charge is 0.313 e. The lowest BCUT2D eigenvalue weighted by Crippen LogP contribution is -2.40. The van der Waals surface area contributed by atoms with E-state index in [1.54, 1.807) is 7.11 Å². The molecule has 0 radical (unpaired) electrons. The third-order valence-corrected chi connectivity index (χ3v) is 3.22. The van der Waals surface area contributed by atoms with Gasteiger partial charge in [0.1, 0.15) is 6.61 Å². The van der Waals surface area contributed by atoms with E-state index < -0.39 is 0 Å². The molecule has 0 amide bonds. The summed E-state index contributed by atoms with van der Waals surface area (Å²) in [5.74, 6) is 0.224. The quantitative estimate of drug-likeness (QED) is 0.544. The van der Waals surface area contributed by atoms with Crippen LogP contribution >= 0.6 is 0 Å². The molecule has 15 heavy (non-hydrogen) atoms. The first-order valence-corrected chi connectivity index (χ1v) is 5.50. The molecular formula is C11H21NO3. The second kappa shape index (κ2) is 5.47. The maximum absolute atomic E-state index is 12.0. The van der Waals surface area contributed by atoms with Gasteiger partial charge in [0.25, 0.3) is 0 Å². The zero-order valence-electron chi connectivity index (χ0n) is 9.84. The first-order chi connectivity index (χ1) is 7.13. The summed E-state index contributed by atoms with van der Waals surface area (Å²) in [5.41, 5.74) is -0.326. The Labute approximate surface area is 91.3 Å². The fraction of sp³-hybridized carbons (Fsp3) is 0.909. The van der Waals surface area contributed by atoms with E-state index in [-0.39, 0.29) is 11.4 Å². The highest BCUT2D eigenvalue weighted by atomic mass is 16.6. The molecule has 1 fully saturated rings. The highest BCUT2D eigenvalue weighted by Gasteiger charge is 2.45. The van der Waals surface area contributed by atoms with Gasteiger partial charge in [-0.3, -0.25) is 4.79 Å². The number of carbonyl (C=O) groups excluding carboxylic acids is 1. The number of methoxy groups -OCH3 is 1. The minimum absolute atomic E-state index is 0.0837. The molecule has 1 aliphatic rings. The number of esters is 1. The van der Waals surface area contributed by atoms with E-state index in [1.165, 1.54) is 0 Å². The van der Waals surface area contributed by atoms with Gasteiger partial charge in [0.2, 0.25) is 0 Å². The summed E-state index contributed by atoms with van der Waals surface area (Å²) in [7, 11) is 1.60. The van der Waals surface area contributed by atoms with E-state index in [0.29, 0.717) is 19.1 Å². The van der Waals surface area contributed by atoms with Crippen LogP contribution in [-0.2, 0) is 14.3 Å². The normalized spacial score (nSPS) is 25.9. The fourth-order valence-corrected chi connectivity index (χ4v) is 1.98. The van der Waals surface area contributed by atoms with Crippen LogP contribution in [0.3, 0.4) is 0 Å². The van der Waals surface area contributed by atoms with Crippen molar-refractivity contribution >= 4 is 5.97 Å². The Bertz CT molecular complexity index is 210. The number of nitrogens with one attached hydrogen (secondary N) is 1. The van der Waals surface area contributed by atoms with Crippen molar-refractivity contribution in [1.29, 1.82) is 0 Å². The molecule has 1 rings (SSSR count). The van der Waals surface area contributed by atoms with Gasteiger partial charge in [-0.25, -0.2) is 0 Å². The van der Waals surface area contributed by atoms with Gasteiger partial charge in [-0.1, -0.05) is 13.8 Å². The zero-order valence-corrected chi connectivity index (χ0v) is 9.84. The molecule has 1 N–H and O–H groups in total. The van der Waals surface area contributed by atoms with Crippen LogP contribution in [0.5, 0.6) is 0 Å². The molecule has 4 nitrogen and oxygen atoms in total. The summed E-state index contributed by atoms with van der Waals surface area (Å²) in [4.78, 5) is 12.0. The standard InChI is InChI=1S/C11H21NO3/c1-9(2)11(4-5-12-8-11)10(13)15-7-6-14-3/h9,12H,4-8H2,1-3H3. The Morgan fingerprint density at radius 2 is 2.20 bits per heavy atom. The zero-order chi connectivity index (χ0) is 11.3. The summed E-state index contributed by atoms with van der Waals surface area (Å²) >= 11 is 0. The van der Waals surface area contributed by atoms with Crippen molar-refractivity contribution in [1.82, 2.24) is 5.32 Å². The largest absolute Gasteiger partial charge is 0.463 e. The molecule has 0 aromatic heterocycles. The summed E-state index contributed by atoms with van der Waals surface area (Å²) < 4.78 is 10.1. The third-order valence-electron chi connectivity index (χ3n) is 3.22. The molecule has 1 aliphatic heterocycles. The highest BCUT2D eigenvalue weighted by molar-refractivity contribution is 5.78. The predicted octanol–water partition coefficient (Wildman–Crippen LogP) is 0.812. The molecule has 0 aromatic rings. The first-order valence-electron chi connectivity index (χ1n) is 5.50. The van der Waals surface area contributed by atoms with Crippen LogP contribution < -0.4 is 5.32 Å². The number of hydrogen-bond donors (Lipinski definition) is 1. The molecule has 0 bridgehead atoms. The van der Waals surface area contributed by atoms with Gasteiger partial charge in [0.15, 0.2) is 0 Å². The maximum atomic E-state index is 12.0. The molecule has 1 heterocycles. The van der Waals surface area contributed by atoms with Crippen LogP contribution in [-0.4, -0.2) is 39.4 Å². The summed E-state index contributed by atoms with van der Waals surface area (Å²) in [6.45, 7) is 6.60. The SMILES string of the molecule is COCCOC(=O)C1(C(C)C)CCNC1. The minimum atomic E-state index is -0.326. The number of rotatable bonds is 5. The van der Waals surface area contributed by atoms with Crippen molar-refractivity contribution in [2.24, 2.45) is 11.3 Å². The second-order valence-electron chi connectivity index (χ2n) is 4.37. The Hall–Kier alpha value is -0.610. The van der Waals surface area contributed by atoms with Crippen LogP contribution in [0, 0.1) is 11.3 Å². The van der Waals surface area contributed by atoms with Crippen LogP contribution in [0.25, 0.3) is 0 Å². The lowest BCUT2D eigenvalue weighted by Gasteiger charge is -2.29. The Balaban J connectivity index is 2.52. The average Bonchev–Trinajstić information content (AvgIpc) is 2.67. The number of ether oxygens (including phenoxy) is 2. The maximum Gasteiger partial charge on any atom is 0.313 e. The molecule has 0 spiro atoms. The molecule has 0 aromatic carbocycles. The van der Waals surface area contributed by atoms with Gasteiger partial charge in [0.05, 0.1) is 12.0 Å². The van der Waals surface area contributed by atoms with Crippen molar-refractivity contribution in [3.8, 4) is 0 Å². The third kappa shape index (κ3) is 2.69. The Kier molecular flexibility index (Phi) is 4.54. The van der Waals surface area contributed by atoms with E-state index in [1.807, 2.05) is 0 Å². The van der Waals surface area contributed by atoms with Crippen molar-refractivity contribution < 1.29 is 14.3 Å². The molecule has 1 atom stereocenters. The van der Waals surface area contributed by atoms with Gasteiger partial charge < -0.3 is 14.8 Å². The van der Waals surface area contributed by atoms with E-state index >= 15 is 0 Å². The van der Waals surface area contributed by atoms with E-state index in [2.05, 4.69) is 19.2 Å². The molecular weight excluding hydrogens is 194 g/mol. The van der Waals surface area contributed by atoms with Gasteiger partial charge in [-0.2, -0.15) is 0 Å². The molecule has 0 saturated carbocycles. The van der Waals surface area contributed by atoms with Crippen molar-refractivity contribution in [3.63, 3.8) is 0 Å². The summed E-state index contributed by atoms with van der Waals surface area (Å²) in [6, 6.07) is 0. The van der Waals surface area contributed by atoms with Gasteiger partial charge in [0, 0.05) is 13.7 Å². The van der Waals surface area contributed by atoms with Crippen molar-refractivity contribution in [3.05, 3.63) is 0 Å². The number of carbonyl (C=O) groups is 1. The van der Waals surface area contributed by atoms with Crippen LogP contribution in [0.1, 0.15) is 20.3 Å². The number of hydrogen-bond acceptors (Lipinski definition) is 4. The Morgan fingerprint density at radius 3 is 2.67 bits per heavy atom. The van der Waals surface area contributed by atoms with Gasteiger partial charge >= 0.3 is 5.97 Å². The molecule has 88 valence electrons.